The van der Waals surface area contributed by atoms with Gasteiger partial charge in [0.15, 0.2) is 11.5 Å². The van der Waals surface area contributed by atoms with Gasteiger partial charge < -0.3 is 9.47 Å². The third-order valence-electron chi connectivity index (χ3n) is 4.01. The molecule has 0 aliphatic rings. The quantitative estimate of drug-likeness (QED) is 0.404. The molecular weight excluding hydrogens is 310 g/mol. The molecule has 3 rings (SSSR count). The van der Waals surface area contributed by atoms with Crippen LogP contribution < -0.4 is 47.2 Å². The Labute approximate surface area is 180 Å². The minimum atomic E-state index is 0. The Kier molecular flexibility index (Phi) is 9.71. The third-order valence-corrected chi connectivity index (χ3v) is 4.01. The molecule has 0 N–H and O–H groups in total. The second-order valence-corrected chi connectivity index (χ2v) is 5.61. The average Bonchev–Trinajstić information content (AvgIpc) is 2.64. The average molecular weight is 330 g/mol. The molecule has 0 heterocycles. The van der Waals surface area contributed by atoms with Gasteiger partial charge >= 0.3 is 37.7 Å². The van der Waals surface area contributed by atoms with Crippen LogP contribution in [0.5, 0.6) is 11.5 Å². The molecule has 3 aromatic rings. The molecule has 0 aliphatic carbocycles. The molecule has 0 fully saturated rings. The fraction of sp³-hybridized carbons (Fsp3) is 0.182. The zero-order chi connectivity index (χ0) is 16.8. The van der Waals surface area contributed by atoms with Gasteiger partial charge in [0.1, 0.15) is 0 Å². The predicted molar refractivity (Wildman–Crippen MR) is 95.7 cm³/mol. The normalized spacial score (nSPS) is 9.62. The molecule has 0 saturated carbocycles. The first-order valence-electron chi connectivity index (χ1n) is 7.95. The van der Waals surface area contributed by atoms with Gasteiger partial charge in [0.2, 0.25) is 0 Å². The molecule has 122 valence electrons. The zero-order valence-electron chi connectivity index (χ0n) is 16.0. The number of ether oxygens (including phenoxy) is 2. The van der Waals surface area contributed by atoms with Gasteiger partial charge in [-0.25, -0.2) is 0 Å². The Morgan fingerprint density at radius 1 is 0.692 bits per heavy atom. The molecule has 0 atom stereocenters. The summed E-state index contributed by atoms with van der Waals surface area (Å²) in [6.45, 7) is 0. The van der Waals surface area contributed by atoms with Crippen LogP contribution in [0.2, 0.25) is 0 Å². The van der Waals surface area contributed by atoms with E-state index in [0.717, 1.165) is 35.5 Å². The summed E-state index contributed by atoms with van der Waals surface area (Å²) in [5.74, 6) is 1.51. The van der Waals surface area contributed by atoms with E-state index in [-0.39, 0.29) is 37.7 Å². The van der Waals surface area contributed by atoms with E-state index < -0.39 is 0 Å². The van der Waals surface area contributed by atoms with E-state index in [1.54, 1.807) is 14.2 Å². The summed E-state index contributed by atoms with van der Waals surface area (Å²) in [7, 11) is 3.34. The molecule has 0 aliphatic heterocycles. The predicted octanol–water partition coefficient (Wildman–Crippen LogP) is -1.51. The number of hydrogen-bond acceptors (Lipinski definition) is 2. The molecule has 0 unspecified atom stereocenters. The van der Waals surface area contributed by atoms with Crippen LogP contribution in [0.1, 0.15) is 22.3 Å². The molecule has 0 bridgehead atoms. The summed E-state index contributed by atoms with van der Waals surface area (Å²) in [6, 6.07) is 26.8. The number of benzene rings is 3. The number of hydrogen-bond donors (Lipinski definition) is 0. The van der Waals surface area contributed by atoms with E-state index in [2.05, 4.69) is 36.4 Å². The summed E-state index contributed by atoms with van der Waals surface area (Å²) < 4.78 is 11.0. The van der Waals surface area contributed by atoms with Crippen molar-refractivity contribution in [1.29, 1.82) is 0 Å². The first kappa shape index (κ1) is 22.5. The second kappa shape index (κ2) is 11.2. The summed E-state index contributed by atoms with van der Waals surface area (Å²) >= 11 is 0. The van der Waals surface area contributed by atoms with E-state index in [9.17, 15) is 0 Å². The summed E-state index contributed by atoms with van der Waals surface area (Å²) in [6.07, 6.45) is 1.62. The molecule has 2 nitrogen and oxygen atoms in total. The van der Waals surface area contributed by atoms with Crippen molar-refractivity contribution < 1.29 is 47.2 Å². The van der Waals surface area contributed by atoms with Crippen molar-refractivity contribution in [3.8, 4) is 11.5 Å². The van der Waals surface area contributed by atoms with Crippen LogP contribution in [0.3, 0.4) is 0 Å². The largest absolute Gasteiger partial charge is 1.00 e. The Balaban J connectivity index is 0.00000169. The van der Waals surface area contributed by atoms with E-state index in [1.165, 1.54) is 11.1 Å². The fourth-order valence-electron chi connectivity index (χ4n) is 2.78. The third kappa shape index (κ3) is 5.73. The Hall–Kier alpha value is -1.55. The standard InChI is InChI=1S/C22H20O2.2Li/c1-23-21-15-19(13-17-9-5-3-6-10-17)20(16-22(21)24-2)14-18-11-7-4-8-12-18;;/h3-9,11,15-16H,13-14H2,1-2H3;;/q-2;2*+1. The van der Waals surface area contributed by atoms with Crippen molar-refractivity contribution in [1.82, 2.24) is 0 Å². The van der Waals surface area contributed by atoms with Crippen molar-refractivity contribution in [2.45, 2.75) is 12.8 Å². The van der Waals surface area contributed by atoms with E-state index in [1.807, 2.05) is 36.4 Å². The van der Waals surface area contributed by atoms with Gasteiger partial charge in [-0.3, -0.25) is 0 Å². The van der Waals surface area contributed by atoms with Gasteiger partial charge in [0, 0.05) is 0 Å². The van der Waals surface area contributed by atoms with Crippen LogP contribution in [0, 0.1) is 12.1 Å². The van der Waals surface area contributed by atoms with Crippen LogP contribution >= 0.6 is 0 Å². The molecule has 0 radical (unpaired) electrons. The molecular formula is C22H20Li2O2. The van der Waals surface area contributed by atoms with E-state index >= 15 is 0 Å². The molecule has 0 saturated heterocycles. The van der Waals surface area contributed by atoms with Crippen LogP contribution in [-0.4, -0.2) is 14.2 Å². The van der Waals surface area contributed by atoms with Gasteiger partial charge in [-0.1, -0.05) is 0 Å². The Morgan fingerprint density at radius 3 is 1.42 bits per heavy atom. The first-order chi connectivity index (χ1) is 11.8. The topological polar surface area (TPSA) is 18.5 Å². The van der Waals surface area contributed by atoms with E-state index in [4.69, 9.17) is 9.47 Å². The number of rotatable bonds is 6. The van der Waals surface area contributed by atoms with E-state index in [0.29, 0.717) is 0 Å². The maximum atomic E-state index is 5.48. The fourth-order valence-corrected chi connectivity index (χ4v) is 2.78. The van der Waals surface area contributed by atoms with Gasteiger partial charge in [0.25, 0.3) is 0 Å². The summed E-state index contributed by atoms with van der Waals surface area (Å²) in [4.78, 5) is 0. The minimum absolute atomic E-state index is 0. The van der Waals surface area contributed by atoms with Crippen LogP contribution in [0.4, 0.5) is 0 Å². The second-order valence-electron chi connectivity index (χ2n) is 5.61. The smallest absolute Gasteiger partial charge is 0.493 e. The molecule has 26 heavy (non-hydrogen) atoms. The summed E-state index contributed by atoms with van der Waals surface area (Å²) in [5.41, 5.74) is 4.74. The zero-order valence-corrected chi connectivity index (χ0v) is 16.0. The maximum absolute atomic E-state index is 5.48. The first-order valence-corrected chi connectivity index (χ1v) is 7.95. The van der Waals surface area contributed by atoms with Crippen molar-refractivity contribution in [2.24, 2.45) is 0 Å². The maximum Gasteiger partial charge on any atom is 1.00 e. The number of methoxy groups -OCH3 is 2. The monoisotopic (exact) mass is 330 g/mol. The minimum Gasteiger partial charge on any atom is -0.493 e. The van der Waals surface area contributed by atoms with Gasteiger partial charge in [-0.2, -0.15) is 71.8 Å². The molecule has 0 spiro atoms. The molecule has 0 amide bonds. The Bertz CT molecular complexity index is 721. The van der Waals surface area contributed by atoms with Crippen LogP contribution in [-0.2, 0) is 12.8 Å². The molecule has 0 aromatic heterocycles. The molecule has 3 aromatic carbocycles. The van der Waals surface area contributed by atoms with Crippen LogP contribution in [0.15, 0.2) is 60.7 Å². The van der Waals surface area contributed by atoms with Crippen molar-refractivity contribution in [3.63, 3.8) is 0 Å². The summed E-state index contributed by atoms with van der Waals surface area (Å²) in [5, 5.41) is 0. The van der Waals surface area contributed by atoms with Crippen molar-refractivity contribution in [3.05, 3.63) is 95.1 Å². The Morgan fingerprint density at radius 2 is 1.12 bits per heavy atom. The van der Waals surface area contributed by atoms with Crippen molar-refractivity contribution >= 4 is 0 Å². The van der Waals surface area contributed by atoms with Crippen LogP contribution in [0.25, 0.3) is 0 Å². The van der Waals surface area contributed by atoms with Crippen molar-refractivity contribution in [2.75, 3.05) is 14.2 Å². The van der Waals surface area contributed by atoms with Gasteiger partial charge in [0.05, 0.1) is 14.2 Å². The SMILES string of the molecule is COc1cc(Cc2[c-]cccc2)c(Cc2[c-]cccc2)cc1OC.[Li+].[Li+]. The van der Waals surface area contributed by atoms with Gasteiger partial charge in [-0.05, 0) is 36.1 Å². The van der Waals surface area contributed by atoms with Gasteiger partial charge in [-0.15, -0.1) is 0 Å². The molecule has 4 heteroatoms.